The van der Waals surface area contributed by atoms with Gasteiger partial charge in [-0.1, -0.05) is 6.42 Å². The predicted octanol–water partition coefficient (Wildman–Crippen LogP) is 3.24. The Morgan fingerprint density at radius 2 is 1.94 bits per heavy atom. The molecule has 0 spiro atoms. The van der Waals surface area contributed by atoms with Crippen LogP contribution < -0.4 is 10.3 Å². The number of aromatic nitrogens is 1. The van der Waals surface area contributed by atoms with Crippen molar-refractivity contribution in [2.45, 2.75) is 38.2 Å². The average molecular weight is 243 g/mol. The van der Waals surface area contributed by atoms with E-state index in [4.69, 9.17) is 4.74 Å². The number of rotatable bonds is 2. The lowest BCUT2D eigenvalue weighted by Gasteiger charge is -2.23. The normalized spacial score (nSPS) is 16.9. The molecule has 1 aromatic heterocycles. The number of fused-ring (bicyclic) bond motifs is 1. The molecule has 3 nitrogen and oxygen atoms in total. The van der Waals surface area contributed by atoms with Crippen molar-refractivity contribution in [1.82, 2.24) is 4.98 Å². The molecule has 3 heteroatoms. The van der Waals surface area contributed by atoms with Gasteiger partial charge in [0.25, 0.3) is 5.56 Å². The average Bonchev–Trinajstić information content (AvgIpc) is 2.40. The summed E-state index contributed by atoms with van der Waals surface area (Å²) in [6, 6.07) is 7.60. The minimum Gasteiger partial charge on any atom is -0.490 e. The van der Waals surface area contributed by atoms with E-state index < -0.39 is 0 Å². The fourth-order valence-corrected chi connectivity index (χ4v) is 2.62. The summed E-state index contributed by atoms with van der Waals surface area (Å²) in [5, 5.41) is 1.65. The van der Waals surface area contributed by atoms with Gasteiger partial charge in [-0.15, -0.1) is 0 Å². The van der Waals surface area contributed by atoms with Crippen LogP contribution in [0.2, 0.25) is 0 Å². The Morgan fingerprint density at radius 3 is 2.78 bits per heavy atom. The summed E-state index contributed by atoms with van der Waals surface area (Å²) in [6.45, 7) is 0. The molecule has 1 heterocycles. The Labute approximate surface area is 106 Å². The first-order valence-corrected chi connectivity index (χ1v) is 6.61. The van der Waals surface area contributed by atoms with Gasteiger partial charge in [-0.25, -0.2) is 0 Å². The Bertz CT molecular complexity index is 597. The van der Waals surface area contributed by atoms with E-state index in [0.717, 1.165) is 24.0 Å². The summed E-state index contributed by atoms with van der Waals surface area (Å²) in [6.07, 6.45) is 8.16. The molecule has 18 heavy (non-hydrogen) atoms. The molecule has 1 aromatic carbocycles. The van der Waals surface area contributed by atoms with Crippen LogP contribution in [0.25, 0.3) is 10.8 Å². The lowest BCUT2D eigenvalue weighted by Crippen LogP contribution is -2.19. The fraction of sp³-hybridized carbons (Fsp3) is 0.400. The van der Waals surface area contributed by atoms with E-state index in [2.05, 4.69) is 4.98 Å². The third-order valence-corrected chi connectivity index (χ3v) is 3.60. The second-order valence-corrected chi connectivity index (χ2v) is 4.93. The van der Waals surface area contributed by atoms with Crippen molar-refractivity contribution in [3.63, 3.8) is 0 Å². The number of nitrogens with one attached hydrogen (secondary N) is 1. The molecule has 1 saturated carbocycles. The number of pyridine rings is 1. The number of benzene rings is 1. The largest absolute Gasteiger partial charge is 0.490 e. The monoisotopic (exact) mass is 243 g/mol. The van der Waals surface area contributed by atoms with Crippen LogP contribution in [0.3, 0.4) is 0 Å². The second kappa shape index (κ2) is 4.84. The summed E-state index contributed by atoms with van der Waals surface area (Å²) >= 11 is 0. The zero-order valence-electron chi connectivity index (χ0n) is 10.3. The Balaban J connectivity index is 1.86. The molecule has 0 atom stereocenters. The molecule has 0 unspecified atom stereocenters. The maximum Gasteiger partial charge on any atom is 0.255 e. The van der Waals surface area contributed by atoms with E-state index >= 15 is 0 Å². The molecule has 3 rings (SSSR count). The molecule has 1 fully saturated rings. The maximum atomic E-state index is 11.6. The molecule has 0 bridgehead atoms. The van der Waals surface area contributed by atoms with E-state index in [9.17, 15) is 4.79 Å². The zero-order chi connectivity index (χ0) is 12.4. The molecule has 2 aromatic rings. The Hall–Kier alpha value is -1.77. The Morgan fingerprint density at radius 1 is 1.11 bits per heavy atom. The summed E-state index contributed by atoms with van der Waals surface area (Å²) in [4.78, 5) is 14.3. The van der Waals surface area contributed by atoms with Gasteiger partial charge in [0.1, 0.15) is 5.75 Å². The summed E-state index contributed by atoms with van der Waals surface area (Å²) in [7, 11) is 0. The molecule has 0 aliphatic heterocycles. The number of hydrogen-bond donors (Lipinski definition) is 1. The van der Waals surface area contributed by atoms with Crippen LogP contribution in [0.15, 0.2) is 35.3 Å². The van der Waals surface area contributed by atoms with E-state index in [1.54, 1.807) is 6.20 Å². The minimum atomic E-state index is -0.0447. The first-order valence-electron chi connectivity index (χ1n) is 6.61. The molecular formula is C15H17NO2. The lowest BCUT2D eigenvalue weighted by atomic mass is 9.98. The van der Waals surface area contributed by atoms with Crippen LogP contribution >= 0.6 is 0 Å². The van der Waals surface area contributed by atoms with E-state index in [0.29, 0.717) is 11.5 Å². The second-order valence-electron chi connectivity index (χ2n) is 4.93. The molecular weight excluding hydrogens is 226 g/mol. The summed E-state index contributed by atoms with van der Waals surface area (Å²) < 4.78 is 5.99. The van der Waals surface area contributed by atoms with Gasteiger partial charge in [-0.2, -0.15) is 0 Å². The van der Waals surface area contributed by atoms with Crippen LogP contribution in [0, 0.1) is 0 Å². The van der Waals surface area contributed by atoms with Gasteiger partial charge < -0.3 is 9.72 Å². The quantitative estimate of drug-likeness (QED) is 0.879. The van der Waals surface area contributed by atoms with Crippen molar-refractivity contribution in [3.05, 3.63) is 40.8 Å². The molecule has 0 amide bonds. The molecule has 1 aliphatic carbocycles. The van der Waals surface area contributed by atoms with Gasteiger partial charge in [0.2, 0.25) is 0 Å². The van der Waals surface area contributed by atoms with Gasteiger partial charge in [0.15, 0.2) is 0 Å². The minimum absolute atomic E-state index is 0.0447. The number of hydrogen-bond acceptors (Lipinski definition) is 2. The third-order valence-electron chi connectivity index (χ3n) is 3.60. The molecule has 1 N–H and O–H groups in total. The van der Waals surface area contributed by atoms with Gasteiger partial charge in [-0.05, 0) is 55.3 Å². The summed E-state index contributed by atoms with van der Waals surface area (Å²) in [5.74, 6) is 0.875. The highest BCUT2D eigenvalue weighted by Gasteiger charge is 2.14. The number of aromatic amines is 1. The van der Waals surface area contributed by atoms with Crippen LogP contribution in [-0.4, -0.2) is 11.1 Å². The highest BCUT2D eigenvalue weighted by atomic mass is 16.5. The number of H-pyrrole nitrogens is 1. The molecule has 0 radical (unpaired) electrons. The van der Waals surface area contributed by atoms with Crippen molar-refractivity contribution < 1.29 is 4.74 Å². The molecule has 1 aliphatic rings. The number of ether oxygens (including phenoxy) is 1. The third kappa shape index (κ3) is 2.26. The van der Waals surface area contributed by atoms with Crippen LogP contribution in [0.5, 0.6) is 5.75 Å². The van der Waals surface area contributed by atoms with E-state index in [-0.39, 0.29) is 5.56 Å². The van der Waals surface area contributed by atoms with Crippen LogP contribution in [0.1, 0.15) is 32.1 Å². The van der Waals surface area contributed by atoms with Crippen LogP contribution in [-0.2, 0) is 0 Å². The van der Waals surface area contributed by atoms with Crippen molar-refractivity contribution in [2.24, 2.45) is 0 Å². The van der Waals surface area contributed by atoms with Crippen LogP contribution in [0.4, 0.5) is 0 Å². The van der Waals surface area contributed by atoms with Crippen molar-refractivity contribution in [3.8, 4) is 5.75 Å². The van der Waals surface area contributed by atoms with E-state index in [1.165, 1.54) is 19.3 Å². The SMILES string of the molecule is O=c1[nH]ccc2cc(OC3CCCCC3)ccc12. The van der Waals surface area contributed by atoms with Gasteiger partial charge in [-0.3, -0.25) is 4.79 Å². The van der Waals surface area contributed by atoms with Gasteiger partial charge in [0, 0.05) is 11.6 Å². The highest BCUT2D eigenvalue weighted by Crippen LogP contribution is 2.25. The van der Waals surface area contributed by atoms with Gasteiger partial charge in [0.05, 0.1) is 6.10 Å². The Kier molecular flexibility index (Phi) is 3.05. The van der Waals surface area contributed by atoms with Crippen molar-refractivity contribution >= 4 is 10.8 Å². The first kappa shape index (κ1) is 11.3. The highest BCUT2D eigenvalue weighted by molar-refractivity contribution is 5.82. The van der Waals surface area contributed by atoms with E-state index in [1.807, 2.05) is 24.3 Å². The standard InChI is InChI=1S/C15H17NO2/c17-15-14-7-6-13(10-11(14)8-9-16-15)18-12-4-2-1-3-5-12/h6-10,12H,1-5H2,(H,16,17). The predicted molar refractivity (Wildman–Crippen MR) is 72.1 cm³/mol. The topological polar surface area (TPSA) is 42.1 Å². The maximum absolute atomic E-state index is 11.6. The molecule has 0 saturated heterocycles. The molecule has 94 valence electrons. The summed E-state index contributed by atoms with van der Waals surface area (Å²) in [5.41, 5.74) is -0.0447. The zero-order valence-corrected chi connectivity index (χ0v) is 10.3. The van der Waals surface area contributed by atoms with Crippen molar-refractivity contribution in [1.29, 1.82) is 0 Å². The fourth-order valence-electron chi connectivity index (χ4n) is 2.62. The smallest absolute Gasteiger partial charge is 0.255 e. The van der Waals surface area contributed by atoms with Gasteiger partial charge >= 0.3 is 0 Å². The lowest BCUT2D eigenvalue weighted by molar-refractivity contribution is 0.155. The first-order chi connectivity index (χ1) is 8.83. The van der Waals surface area contributed by atoms with Crippen molar-refractivity contribution in [2.75, 3.05) is 0 Å².